The highest BCUT2D eigenvalue weighted by molar-refractivity contribution is 6.37. The van der Waals surface area contributed by atoms with Crippen LogP contribution in [0, 0.1) is 5.92 Å². The molecule has 1 heterocycles. The molecule has 0 spiro atoms. The molecule has 2 aromatic carbocycles. The number of hydrogen-bond acceptors (Lipinski definition) is 3. The molecule has 0 aromatic heterocycles. The third-order valence-corrected chi connectivity index (χ3v) is 5.18. The van der Waals surface area contributed by atoms with Gasteiger partial charge < -0.3 is 15.4 Å². The standard InChI is InChI=1S/C19H20Cl2N2O2/c20-16-7-4-8-17(21)19(16)25-12-18(24)23-10-14(9-22)15(11-23)13-5-2-1-3-6-13/h1-8,14-15H,9-12,22H2/t14-,15+/m1/s1. The van der Waals surface area contributed by atoms with Gasteiger partial charge in [-0.1, -0.05) is 59.6 Å². The minimum atomic E-state index is -0.0950. The minimum absolute atomic E-state index is 0.0899. The maximum Gasteiger partial charge on any atom is 0.260 e. The van der Waals surface area contributed by atoms with E-state index in [2.05, 4.69) is 12.1 Å². The lowest BCUT2D eigenvalue weighted by atomic mass is 9.89. The van der Waals surface area contributed by atoms with Gasteiger partial charge in [0.15, 0.2) is 12.4 Å². The first-order valence-electron chi connectivity index (χ1n) is 8.19. The predicted octanol–water partition coefficient (Wildman–Crippen LogP) is 3.57. The second kappa shape index (κ2) is 8.09. The molecule has 2 aromatic rings. The van der Waals surface area contributed by atoms with Crippen LogP contribution in [0.1, 0.15) is 11.5 Å². The van der Waals surface area contributed by atoms with Gasteiger partial charge in [0.25, 0.3) is 5.91 Å². The summed E-state index contributed by atoms with van der Waals surface area (Å²) in [5.74, 6) is 0.746. The number of halogens is 2. The molecular formula is C19H20Cl2N2O2. The van der Waals surface area contributed by atoms with Crippen LogP contribution < -0.4 is 10.5 Å². The summed E-state index contributed by atoms with van der Waals surface area (Å²) in [6.45, 7) is 1.72. The number of likely N-dealkylation sites (tertiary alicyclic amines) is 1. The van der Waals surface area contributed by atoms with Gasteiger partial charge in [-0.25, -0.2) is 0 Å². The third-order valence-electron chi connectivity index (χ3n) is 4.58. The number of rotatable bonds is 5. The van der Waals surface area contributed by atoms with Crippen molar-refractivity contribution in [2.24, 2.45) is 11.7 Å². The van der Waals surface area contributed by atoms with E-state index in [1.807, 2.05) is 18.2 Å². The van der Waals surface area contributed by atoms with Crippen molar-refractivity contribution in [3.63, 3.8) is 0 Å². The number of hydrogen-bond donors (Lipinski definition) is 1. The molecule has 0 saturated carbocycles. The first-order chi connectivity index (χ1) is 12.1. The van der Waals surface area contributed by atoms with Crippen molar-refractivity contribution in [3.05, 3.63) is 64.1 Å². The van der Waals surface area contributed by atoms with Gasteiger partial charge in [0.1, 0.15) is 0 Å². The van der Waals surface area contributed by atoms with Gasteiger partial charge in [0, 0.05) is 19.0 Å². The van der Waals surface area contributed by atoms with Crippen molar-refractivity contribution in [2.45, 2.75) is 5.92 Å². The Hall–Kier alpha value is -1.75. The molecule has 132 valence electrons. The molecule has 0 bridgehead atoms. The zero-order valence-corrected chi connectivity index (χ0v) is 15.2. The fourth-order valence-electron chi connectivity index (χ4n) is 3.24. The van der Waals surface area contributed by atoms with Crippen LogP contribution >= 0.6 is 23.2 Å². The summed E-state index contributed by atoms with van der Waals surface area (Å²) < 4.78 is 5.57. The minimum Gasteiger partial charge on any atom is -0.481 e. The lowest BCUT2D eigenvalue weighted by Crippen LogP contribution is -2.33. The third kappa shape index (κ3) is 4.09. The maximum atomic E-state index is 12.6. The molecule has 25 heavy (non-hydrogen) atoms. The highest BCUT2D eigenvalue weighted by Crippen LogP contribution is 2.34. The maximum absolute atomic E-state index is 12.6. The van der Waals surface area contributed by atoms with E-state index in [0.717, 1.165) is 0 Å². The van der Waals surface area contributed by atoms with E-state index in [-0.39, 0.29) is 24.3 Å². The first kappa shape index (κ1) is 18.1. The van der Waals surface area contributed by atoms with Crippen LogP contribution in [0.2, 0.25) is 10.0 Å². The number of amides is 1. The molecule has 1 aliphatic heterocycles. The Kier molecular flexibility index (Phi) is 5.84. The fraction of sp³-hybridized carbons (Fsp3) is 0.316. The number of carbonyl (C=O) groups is 1. The number of benzene rings is 2. The van der Waals surface area contributed by atoms with E-state index in [9.17, 15) is 4.79 Å². The summed E-state index contributed by atoms with van der Waals surface area (Å²) in [6.07, 6.45) is 0. The molecule has 2 N–H and O–H groups in total. The largest absolute Gasteiger partial charge is 0.481 e. The Morgan fingerprint density at radius 1 is 1.08 bits per heavy atom. The lowest BCUT2D eigenvalue weighted by molar-refractivity contribution is -0.132. The molecule has 0 radical (unpaired) electrons. The summed E-state index contributed by atoms with van der Waals surface area (Å²) in [7, 11) is 0. The van der Waals surface area contributed by atoms with Crippen LogP contribution in [0.4, 0.5) is 0 Å². The fourth-order valence-corrected chi connectivity index (χ4v) is 3.74. The van der Waals surface area contributed by atoms with Gasteiger partial charge >= 0.3 is 0 Å². The van der Waals surface area contributed by atoms with Gasteiger partial charge in [-0.15, -0.1) is 0 Å². The molecule has 2 atom stereocenters. The van der Waals surface area contributed by atoms with Gasteiger partial charge in [-0.3, -0.25) is 4.79 Å². The monoisotopic (exact) mass is 378 g/mol. The Labute approximate surface area is 157 Å². The lowest BCUT2D eigenvalue weighted by Gasteiger charge is -2.17. The smallest absolute Gasteiger partial charge is 0.260 e. The van der Waals surface area contributed by atoms with Crippen LogP contribution in [0.3, 0.4) is 0 Å². The number of para-hydroxylation sites is 1. The van der Waals surface area contributed by atoms with Gasteiger partial charge in [-0.05, 0) is 30.2 Å². The SMILES string of the molecule is NC[C@@H]1CN(C(=O)COc2c(Cl)cccc2Cl)C[C@H]1c1ccccc1. The molecule has 1 fully saturated rings. The summed E-state index contributed by atoms with van der Waals surface area (Å²) >= 11 is 12.1. The molecule has 1 amide bonds. The van der Waals surface area contributed by atoms with Crippen molar-refractivity contribution in [3.8, 4) is 5.75 Å². The van der Waals surface area contributed by atoms with E-state index < -0.39 is 0 Å². The van der Waals surface area contributed by atoms with Crippen LogP contribution in [-0.2, 0) is 4.79 Å². The quantitative estimate of drug-likeness (QED) is 0.864. The van der Waals surface area contributed by atoms with Crippen LogP contribution in [0.25, 0.3) is 0 Å². The Balaban J connectivity index is 1.65. The molecule has 3 rings (SSSR count). The van der Waals surface area contributed by atoms with E-state index in [4.69, 9.17) is 33.7 Å². The summed E-state index contributed by atoms with van der Waals surface area (Å²) in [4.78, 5) is 14.4. The second-order valence-corrected chi connectivity index (χ2v) is 6.97. The van der Waals surface area contributed by atoms with Crippen LogP contribution in [0.15, 0.2) is 48.5 Å². The number of ether oxygens (including phenoxy) is 1. The Bertz CT molecular complexity index is 719. The van der Waals surface area contributed by atoms with Crippen LogP contribution in [0.5, 0.6) is 5.75 Å². The number of nitrogens with two attached hydrogens (primary N) is 1. The summed E-state index contributed by atoms with van der Waals surface area (Å²) in [6, 6.07) is 15.3. The average Bonchev–Trinajstić information content (AvgIpc) is 3.06. The van der Waals surface area contributed by atoms with Gasteiger partial charge in [-0.2, -0.15) is 0 Å². The Morgan fingerprint density at radius 3 is 2.40 bits per heavy atom. The highest BCUT2D eigenvalue weighted by Gasteiger charge is 2.35. The average molecular weight is 379 g/mol. The first-order valence-corrected chi connectivity index (χ1v) is 8.95. The zero-order chi connectivity index (χ0) is 17.8. The molecular weight excluding hydrogens is 359 g/mol. The second-order valence-electron chi connectivity index (χ2n) is 6.15. The van der Waals surface area contributed by atoms with E-state index in [1.54, 1.807) is 23.1 Å². The normalized spacial score (nSPS) is 19.9. The predicted molar refractivity (Wildman–Crippen MR) is 100 cm³/mol. The zero-order valence-electron chi connectivity index (χ0n) is 13.7. The summed E-state index contributed by atoms with van der Waals surface area (Å²) in [5.41, 5.74) is 7.14. The topological polar surface area (TPSA) is 55.6 Å². The molecule has 1 aliphatic rings. The van der Waals surface area contributed by atoms with Gasteiger partial charge in [0.05, 0.1) is 10.0 Å². The van der Waals surface area contributed by atoms with Crippen LogP contribution in [-0.4, -0.2) is 37.0 Å². The van der Waals surface area contributed by atoms with E-state index in [0.29, 0.717) is 35.4 Å². The van der Waals surface area contributed by atoms with E-state index >= 15 is 0 Å². The Morgan fingerprint density at radius 2 is 1.76 bits per heavy atom. The highest BCUT2D eigenvalue weighted by atomic mass is 35.5. The molecule has 4 nitrogen and oxygen atoms in total. The number of carbonyl (C=O) groups excluding carboxylic acids is 1. The van der Waals surface area contributed by atoms with Crippen molar-refractivity contribution in [1.82, 2.24) is 4.90 Å². The molecule has 1 saturated heterocycles. The van der Waals surface area contributed by atoms with Crippen molar-refractivity contribution < 1.29 is 9.53 Å². The van der Waals surface area contributed by atoms with Crippen molar-refractivity contribution >= 4 is 29.1 Å². The molecule has 0 unspecified atom stereocenters. The van der Waals surface area contributed by atoms with Crippen molar-refractivity contribution in [1.29, 1.82) is 0 Å². The summed E-state index contributed by atoms with van der Waals surface area (Å²) in [5, 5.41) is 0.785. The number of nitrogens with zero attached hydrogens (tertiary/aromatic N) is 1. The van der Waals surface area contributed by atoms with Crippen molar-refractivity contribution in [2.75, 3.05) is 26.2 Å². The van der Waals surface area contributed by atoms with Gasteiger partial charge in [0.2, 0.25) is 0 Å². The molecule has 6 heteroatoms. The molecule has 0 aliphatic carbocycles. The van der Waals surface area contributed by atoms with E-state index in [1.165, 1.54) is 5.56 Å².